The van der Waals surface area contributed by atoms with E-state index in [0.29, 0.717) is 0 Å². The van der Waals surface area contributed by atoms with Gasteiger partial charge in [0.25, 0.3) is 5.52 Å². The molecule has 0 aliphatic carbocycles. The summed E-state index contributed by atoms with van der Waals surface area (Å²) in [6.45, 7) is 1.38. The Hall–Kier alpha value is -1.90. The molecule has 1 heterocycles. The third-order valence-electron chi connectivity index (χ3n) is 1.90. The van der Waals surface area contributed by atoms with Crippen LogP contribution in [0.2, 0.25) is 0 Å². The van der Waals surface area contributed by atoms with Crippen LogP contribution in [0, 0.1) is 0 Å². The van der Waals surface area contributed by atoms with Gasteiger partial charge in [-0.2, -0.15) is 4.84 Å². The number of para-hydroxylation sites is 1. The largest absolute Gasteiger partial charge is 0.377 e. The molecule has 2 rings (SSSR count). The second-order valence-electron chi connectivity index (χ2n) is 2.98. The third-order valence-corrected chi connectivity index (χ3v) is 1.90. The molecule has 0 unspecified atom stereocenters. The van der Waals surface area contributed by atoms with Gasteiger partial charge in [0.05, 0.1) is 5.39 Å². The molecular weight excluding hydrogens is 178 g/mol. The highest BCUT2D eigenvalue weighted by molar-refractivity contribution is 5.75. The molecular formula is C11H10NO2+. The average Bonchev–Trinajstić information content (AvgIpc) is 2.18. The topological polar surface area (TPSA) is 30.2 Å². The second kappa shape index (κ2) is 3.46. The molecule has 0 amide bonds. The Morgan fingerprint density at radius 2 is 1.93 bits per heavy atom. The van der Waals surface area contributed by atoms with E-state index < -0.39 is 0 Å². The van der Waals surface area contributed by atoms with Crippen LogP contribution in [0.1, 0.15) is 6.92 Å². The van der Waals surface area contributed by atoms with Crippen molar-refractivity contribution in [2.24, 2.45) is 0 Å². The molecule has 3 nitrogen and oxygen atoms in total. The Labute approximate surface area is 81.5 Å². The third kappa shape index (κ3) is 1.57. The Morgan fingerprint density at radius 3 is 2.71 bits per heavy atom. The molecule has 0 aliphatic rings. The van der Waals surface area contributed by atoms with Gasteiger partial charge in [-0.25, -0.2) is 4.79 Å². The van der Waals surface area contributed by atoms with Crippen molar-refractivity contribution < 1.29 is 14.4 Å². The van der Waals surface area contributed by atoms with Crippen LogP contribution in [-0.4, -0.2) is 5.97 Å². The summed E-state index contributed by atoms with van der Waals surface area (Å²) in [5.74, 6) is -0.327. The first-order valence-corrected chi connectivity index (χ1v) is 4.36. The lowest BCUT2D eigenvalue weighted by molar-refractivity contribution is -0.848. The Morgan fingerprint density at radius 1 is 1.21 bits per heavy atom. The summed E-state index contributed by atoms with van der Waals surface area (Å²) in [6.07, 6.45) is 1.71. The minimum absolute atomic E-state index is 0.327. The maximum Gasteiger partial charge on any atom is 0.377 e. The summed E-state index contributed by atoms with van der Waals surface area (Å²) in [4.78, 5) is 15.8. The molecule has 0 saturated heterocycles. The first-order chi connectivity index (χ1) is 6.77. The number of carbonyl (C=O) groups is 1. The SMILES string of the molecule is CC(=O)O[n+]1cccc2ccccc21. The Bertz CT molecular complexity index is 474. The summed E-state index contributed by atoms with van der Waals surface area (Å²) < 4.78 is 1.47. The summed E-state index contributed by atoms with van der Waals surface area (Å²) in [5, 5.41) is 1.04. The zero-order valence-electron chi connectivity index (χ0n) is 7.81. The van der Waals surface area contributed by atoms with E-state index in [9.17, 15) is 4.79 Å². The van der Waals surface area contributed by atoms with E-state index in [1.165, 1.54) is 11.7 Å². The fraction of sp³-hybridized carbons (Fsp3) is 0.0909. The molecule has 1 aromatic heterocycles. The highest BCUT2D eigenvalue weighted by atomic mass is 16.7. The van der Waals surface area contributed by atoms with Crippen molar-refractivity contribution in [3.63, 3.8) is 0 Å². The van der Waals surface area contributed by atoms with Crippen LogP contribution in [0.4, 0.5) is 0 Å². The standard InChI is InChI=1S/C11H10NO2/c1-9(13)14-12-8-4-6-10-5-2-3-7-11(10)12/h2-8H,1H3/q+1. The maximum atomic E-state index is 10.8. The van der Waals surface area contributed by atoms with Gasteiger partial charge in [-0.05, 0) is 12.1 Å². The number of nitrogens with zero attached hydrogens (tertiary/aromatic N) is 1. The van der Waals surface area contributed by atoms with E-state index in [1.54, 1.807) is 6.20 Å². The summed E-state index contributed by atoms with van der Waals surface area (Å²) >= 11 is 0. The van der Waals surface area contributed by atoms with Gasteiger partial charge in [0.15, 0.2) is 0 Å². The van der Waals surface area contributed by atoms with Gasteiger partial charge in [-0.1, -0.05) is 12.1 Å². The van der Waals surface area contributed by atoms with Gasteiger partial charge in [0, 0.05) is 23.8 Å². The molecule has 1 aromatic carbocycles. The first-order valence-electron chi connectivity index (χ1n) is 4.36. The van der Waals surface area contributed by atoms with Crippen LogP contribution in [0.25, 0.3) is 10.9 Å². The van der Waals surface area contributed by atoms with Gasteiger partial charge in [-0.15, -0.1) is 0 Å². The van der Waals surface area contributed by atoms with Crippen molar-refractivity contribution in [1.29, 1.82) is 0 Å². The van der Waals surface area contributed by atoms with Crippen LogP contribution >= 0.6 is 0 Å². The lowest BCUT2D eigenvalue weighted by Gasteiger charge is -1.96. The number of benzene rings is 1. The normalized spacial score (nSPS) is 10.1. The Balaban J connectivity index is 2.59. The predicted molar refractivity (Wildman–Crippen MR) is 51.4 cm³/mol. The minimum atomic E-state index is -0.327. The zero-order chi connectivity index (χ0) is 9.97. The van der Waals surface area contributed by atoms with E-state index in [4.69, 9.17) is 4.84 Å². The molecule has 70 valence electrons. The number of hydrogen-bond donors (Lipinski definition) is 0. The number of hydrogen-bond acceptors (Lipinski definition) is 2. The van der Waals surface area contributed by atoms with Crippen LogP contribution < -0.4 is 9.57 Å². The lowest BCUT2D eigenvalue weighted by atomic mass is 10.2. The van der Waals surface area contributed by atoms with E-state index in [-0.39, 0.29) is 5.97 Å². The molecule has 0 fully saturated rings. The van der Waals surface area contributed by atoms with Crippen LogP contribution in [0.5, 0.6) is 0 Å². The monoisotopic (exact) mass is 188 g/mol. The van der Waals surface area contributed by atoms with E-state index in [1.807, 2.05) is 36.4 Å². The van der Waals surface area contributed by atoms with Crippen LogP contribution in [0.15, 0.2) is 42.6 Å². The molecule has 2 aromatic rings. The molecule has 0 aliphatic heterocycles. The zero-order valence-corrected chi connectivity index (χ0v) is 7.81. The van der Waals surface area contributed by atoms with Crippen molar-refractivity contribution in [3.05, 3.63) is 42.6 Å². The van der Waals surface area contributed by atoms with Gasteiger partial charge >= 0.3 is 5.97 Å². The molecule has 0 bridgehead atoms. The van der Waals surface area contributed by atoms with E-state index >= 15 is 0 Å². The van der Waals surface area contributed by atoms with Crippen molar-refractivity contribution in [3.8, 4) is 0 Å². The molecule has 3 heteroatoms. The second-order valence-corrected chi connectivity index (χ2v) is 2.98. The van der Waals surface area contributed by atoms with E-state index in [2.05, 4.69) is 0 Å². The van der Waals surface area contributed by atoms with E-state index in [0.717, 1.165) is 10.9 Å². The molecule has 0 atom stereocenters. The summed E-state index contributed by atoms with van der Waals surface area (Å²) in [7, 11) is 0. The summed E-state index contributed by atoms with van der Waals surface area (Å²) in [5.41, 5.74) is 0.880. The molecule has 0 radical (unpaired) electrons. The Kier molecular flexibility index (Phi) is 2.14. The summed E-state index contributed by atoms with van der Waals surface area (Å²) in [6, 6.07) is 11.5. The fourth-order valence-electron chi connectivity index (χ4n) is 1.35. The van der Waals surface area contributed by atoms with Gasteiger partial charge in [-0.3, -0.25) is 0 Å². The maximum absolute atomic E-state index is 10.8. The van der Waals surface area contributed by atoms with Crippen LogP contribution in [-0.2, 0) is 4.79 Å². The number of pyridine rings is 1. The molecule has 0 saturated carbocycles. The van der Waals surface area contributed by atoms with Crippen molar-refractivity contribution >= 4 is 16.9 Å². The fourth-order valence-corrected chi connectivity index (χ4v) is 1.35. The van der Waals surface area contributed by atoms with Crippen LogP contribution in [0.3, 0.4) is 0 Å². The van der Waals surface area contributed by atoms with Crippen molar-refractivity contribution in [2.45, 2.75) is 6.92 Å². The number of carbonyl (C=O) groups excluding carboxylic acids is 1. The number of aromatic nitrogens is 1. The average molecular weight is 188 g/mol. The van der Waals surface area contributed by atoms with Gasteiger partial charge in [0.2, 0.25) is 6.20 Å². The molecule has 14 heavy (non-hydrogen) atoms. The number of fused-ring (bicyclic) bond motifs is 1. The number of rotatable bonds is 1. The molecule has 0 N–H and O–H groups in total. The molecule has 0 spiro atoms. The van der Waals surface area contributed by atoms with Crippen molar-refractivity contribution in [1.82, 2.24) is 0 Å². The highest BCUT2D eigenvalue weighted by Gasteiger charge is 2.10. The van der Waals surface area contributed by atoms with Gasteiger partial charge < -0.3 is 0 Å². The lowest BCUT2D eigenvalue weighted by Crippen LogP contribution is -2.45. The van der Waals surface area contributed by atoms with Gasteiger partial charge in [0.1, 0.15) is 0 Å². The first kappa shape index (κ1) is 8.69. The predicted octanol–water partition coefficient (Wildman–Crippen LogP) is 1.10. The van der Waals surface area contributed by atoms with Crippen molar-refractivity contribution in [2.75, 3.05) is 0 Å². The smallest absolute Gasteiger partial charge is 0.245 e. The quantitative estimate of drug-likeness (QED) is 0.627. The highest BCUT2D eigenvalue weighted by Crippen LogP contribution is 2.06. The minimum Gasteiger partial charge on any atom is -0.245 e.